The van der Waals surface area contributed by atoms with Gasteiger partial charge in [-0.25, -0.2) is 0 Å². The maximum Gasteiger partial charge on any atom is 0.416 e. The highest BCUT2D eigenvalue weighted by atomic mass is 19.4. The molecule has 3 heteroatoms. The number of halogens is 3. The Morgan fingerprint density at radius 3 is 2.44 bits per heavy atom. The maximum atomic E-state index is 12.5. The van der Waals surface area contributed by atoms with E-state index in [0.29, 0.717) is 5.56 Å². The molecule has 0 saturated carbocycles. The second-order valence-electron chi connectivity index (χ2n) is 3.91. The summed E-state index contributed by atoms with van der Waals surface area (Å²) < 4.78 is 37.5. The van der Waals surface area contributed by atoms with Crippen molar-refractivity contribution in [1.29, 1.82) is 0 Å². The molecule has 0 amide bonds. The van der Waals surface area contributed by atoms with Gasteiger partial charge in [0.2, 0.25) is 0 Å². The fraction of sp³-hybridized carbons (Fsp3) is 0.385. The smallest absolute Gasteiger partial charge is 0.166 e. The molecule has 0 nitrogen and oxygen atoms in total. The molecular formula is C13H15F3. The van der Waals surface area contributed by atoms with E-state index in [-0.39, 0.29) is 0 Å². The molecule has 0 fully saturated rings. The summed E-state index contributed by atoms with van der Waals surface area (Å²) >= 11 is 0. The van der Waals surface area contributed by atoms with Gasteiger partial charge >= 0.3 is 6.18 Å². The first kappa shape index (κ1) is 12.8. The van der Waals surface area contributed by atoms with Crippen molar-refractivity contribution in [2.45, 2.75) is 33.4 Å². The van der Waals surface area contributed by atoms with Gasteiger partial charge in [-0.2, -0.15) is 13.2 Å². The quantitative estimate of drug-likeness (QED) is 0.680. The summed E-state index contributed by atoms with van der Waals surface area (Å²) in [7, 11) is 0. The molecule has 0 saturated heterocycles. The van der Waals surface area contributed by atoms with E-state index in [2.05, 4.69) is 0 Å². The molecule has 1 aromatic carbocycles. The van der Waals surface area contributed by atoms with Crippen molar-refractivity contribution in [2.75, 3.05) is 0 Å². The molecule has 88 valence electrons. The molecule has 0 N–H and O–H groups in total. The minimum atomic E-state index is -4.27. The summed E-state index contributed by atoms with van der Waals surface area (Å²) in [5.74, 6) is 0. The van der Waals surface area contributed by atoms with Crippen LogP contribution in [0.3, 0.4) is 0 Å². The number of hydrogen-bond acceptors (Lipinski definition) is 0. The Balaban J connectivity index is 3.19. The molecule has 1 rings (SSSR count). The lowest BCUT2D eigenvalue weighted by Gasteiger charge is -2.09. The van der Waals surface area contributed by atoms with Crippen molar-refractivity contribution in [1.82, 2.24) is 0 Å². The second-order valence-corrected chi connectivity index (χ2v) is 3.91. The fourth-order valence-electron chi connectivity index (χ4n) is 1.34. The predicted molar refractivity (Wildman–Crippen MR) is 60.1 cm³/mol. The summed E-state index contributed by atoms with van der Waals surface area (Å²) in [6, 6.07) is 3.83. The van der Waals surface area contributed by atoms with Gasteiger partial charge in [0.1, 0.15) is 0 Å². The predicted octanol–water partition coefficient (Wildman–Crippen LogP) is 4.83. The summed E-state index contributed by atoms with van der Waals surface area (Å²) in [5.41, 5.74) is 1.99. The first-order valence-corrected chi connectivity index (χ1v) is 5.19. The van der Waals surface area contributed by atoms with E-state index in [1.807, 2.05) is 26.8 Å². The van der Waals surface area contributed by atoms with E-state index in [0.717, 1.165) is 23.6 Å². The number of hydrogen-bond donors (Lipinski definition) is 0. The summed E-state index contributed by atoms with van der Waals surface area (Å²) in [4.78, 5) is 0. The van der Waals surface area contributed by atoms with Crippen LogP contribution in [0, 0.1) is 6.92 Å². The van der Waals surface area contributed by atoms with Crippen molar-refractivity contribution in [3.05, 3.63) is 40.5 Å². The number of benzene rings is 1. The third-order valence-electron chi connectivity index (χ3n) is 2.57. The van der Waals surface area contributed by atoms with Crippen molar-refractivity contribution >= 4 is 6.08 Å². The van der Waals surface area contributed by atoms with Gasteiger partial charge in [-0.3, -0.25) is 0 Å². The van der Waals surface area contributed by atoms with E-state index >= 15 is 0 Å². The highest BCUT2D eigenvalue weighted by Gasteiger charge is 2.30. The van der Waals surface area contributed by atoms with Gasteiger partial charge in [-0.05, 0) is 43.5 Å². The van der Waals surface area contributed by atoms with E-state index in [4.69, 9.17) is 0 Å². The normalized spacial score (nSPS) is 13.0. The van der Waals surface area contributed by atoms with Crippen LogP contribution in [0.25, 0.3) is 6.08 Å². The zero-order chi connectivity index (χ0) is 12.3. The third kappa shape index (κ3) is 3.12. The molecule has 0 aliphatic heterocycles. The van der Waals surface area contributed by atoms with Gasteiger partial charge in [0.25, 0.3) is 0 Å². The Hall–Kier alpha value is -1.25. The molecule has 1 aromatic rings. The number of allylic oxidation sites excluding steroid dienone is 1. The summed E-state index contributed by atoms with van der Waals surface area (Å²) in [5, 5.41) is 0. The summed E-state index contributed by atoms with van der Waals surface area (Å²) in [6.07, 6.45) is -1.61. The Morgan fingerprint density at radius 2 is 1.94 bits per heavy atom. The zero-order valence-corrected chi connectivity index (χ0v) is 9.65. The first-order chi connectivity index (χ1) is 7.34. The molecule has 0 aromatic heterocycles. The van der Waals surface area contributed by atoms with Crippen LogP contribution >= 0.6 is 0 Å². The van der Waals surface area contributed by atoms with Crippen LogP contribution < -0.4 is 0 Å². The van der Waals surface area contributed by atoms with E-state index in [9.17, 15) is 13.2 Å². The Morgan fingerprint density at radius 1 is 1.31 bits per heavy atom. The van der Waals surface area contributed by atoms with Gasteiger partial charge in [-0.15, -0.1) is 0 Å². The average Bonchev–Trinajstić information content (AvgIpc) is 2.19. The van der Waals surface area contributed by atoms with E-state index < -0.39 is 11.7 Å². The lowest BCUT2D eigenvalue weighted by atomic mass is 10.0. The van der Waals surface area contributed by atoms with Crippen LogP contribution in [0.15, 0.2) is 23.8 Å². The lowest BCUT2D eigenvalue weighted by Crippen LogP contribution is -2.05. The van der Waals surface area contributed by atoms with Gasteiger partial charge in [0.05, 0.1) is 5.56 Å². The minimum Gasteiger partial charge on any atom is -0.166 e. The maximum absolute atomic E-state index is 12.5. The molecule has 0 aliphatic carbocycles. The molecule has 0 radical (unpaired) electrons. The topological polar surface area (TPSA) is 0 Å². The first-order valence-electron chi connectivity index (χ1n) is 5.19. The Bertz CT molecular complexity index is 400. The van der Waals surface area contributed by atoms with Crippen molar-refractivity contribution in [3.8, 4) is 0 Å². The highest BCUT2D eigenvalue weighted by Crippen LogP contribution is 2.31. The molecule has 0 heterocycles. The summed E-state index contributed by atoms with van der Waals surface area (Å²) in [6.45, 7) is 5.71. The number of aryl methyl sites for hydroxylation is 1. The van der Waals surface area contributed by atoms with Gasteiger partial charge in [0, 0.05) is 0 Å². The number of alkyl halides is 3. The molecule has 0 bridgehead atoms. The zero-order valence-electron chi connectivity index (χ0n) is 9.65. The molecule has 0 unspecified atom stereocenters. The van der Waals surface area contributed by atoms with E-state index in [1.165, 1.54) is 12.1 Å². The minimum absolute atomic E-state index is 0.590. The average molecular weight is 228 g/mol. The van der Waals surface area contributed by atoms with Crippen LogP contribution in [0.4, 0.5) is 13.2 Å². The van der Waals surface area contributed by atoms with Crippen LogP contribution in [0.1, 0.15) is 37.0 Å². The van der Waals surface area contributed by atoms with Crippen LogP contribution in [-0.4, -0.2) is 0 Å². The van der Waals surface area contributed by atoms with Crippen LogP contribution in [0.5, 0.6) is 0 Å². The molecule has 0 atom stereocenters. The van der Waals surface area contributed by atoms with Gasteiger partial charge in [-0.1, -0.05) is 24.6 Å². The Labute approximate surface area is 93.8 Å². The fourth-order valence-corrected chi connectivity index (χ4v) is 1.34. The highest BCUT2D eigenvalue weighted by molar-refractivity contribution is 5.57. The monoisotopic (exact) mass is 228 g/mol. The van der Waals surface area contributed by atoms with Crippen LogP contribution in [-0.2, 0) is 6.18 Å². The number of rotatable bonds is 2. The largest absolute Gasteiger partial charge is 0.416 e. The molecule has 0 spiro atoms. The van der Waals surface area contributed by atoms with Crippen LogP contribution in [0.2, 0.25) is 0 Å². The van der Waals surface area contributed by atoms with Gasteiger partial charge < -0.3 is 0 Å². The van der Waals surface area contributed by atoms with Crippen molar-refractivity contribution in [2.24, 2.45) is 0 Å². The molecule has 16 heavy (non-hydrogen) atoms. The standard InChI is InChI=1S/C13H15F3/c1-4-9(2)7-11-8-12(13(14,15)16)6-5-10(11)3/h5-8H,4H2,1-3H3/b9-7-. The molecule has 0 aliphatic rings. The molecular weight excluding hydrogens is 213 g/mol. The van der Waals surface area contributed by atoms with Gasteiger partial charge in [0.15, 0.2) is 0 Å². The van der Waals surface area contributed by atoms with Crippen molar-refractivity contribution in [3.63, 3.8) is 0 Å². The van der Waals surface area contributed by atoms with E-state index in [1.54, 1.807) is 0 Å². The second kappa shape index (κ2) is 4.73. The Kier molecular flexibility index (Phi) is 3.79. The SMILES string of the molecule is CC/C(C)=C\c1cc(C(F)(F)F)ccc1C. The van der Waals surface area contributed by atoms with Crippen molar-refractivity contribution < 1.29 is 13.2 Å². The lowest BCUT2D eigenvalue weighted by molar-refractivity contribution is -0.137. The third-order valence-corrected chi connectivity index (χ3v) is 2.57.